The fraction of sp³-hybridized carbons (Fsp3) is 0.900. The van der Waals surface area contributed by atoms with Crippen LogP contribution in [0.5, 0.6) is 0 Å². The monoisotopic (exact) mass is 185 g/mol. The minimum absolute atomic E-state index is 0.182. The third-order valence-corrected chi connectivity index (χ3v) is 3.26. The van der Waals surface area contributed by atoms with Crippen molar-refractivity contribution < 1.29 is 9.53 Å². The van der Waals surface area contributed by atoms with Crippen LogP contribution in [-0.4, -0.2) is 31.2 Å². The first kappa shape index (κ1) is 10.4. The highest BCUT2D eigenvalue weighted by molar-refractivity contribution is 5.67. The van der Waals surface area contributed by atoms with Gasteiger partial charge in [0.2, 0.25) is 0 Å². The number of carbonyl (C=O) groups is 1. The molecule has 1 rings (SSSR count). The maximum atomic E-state index is 11.2. The van der Waals surface area contributed by atoms with Crippen LogP contribution < -0.4 is 0 Å². The Morgan fingerprint density at radius 1 is 1.46 bits per heavy atom. The van der Waals surface area contributed by atoms with Gasteiger partial charge in [-0.1, -0.05) is 20.3 Å². The zero-order valence-corrected chi connectivity index (χ0v) is 8.80. The lowest BCUT2D eigenvalue weighted by atomic mass is 9.78. The number of amides is 1. The molecule has 0 N–H and O–H groups in total. The lowest BCUT2D eigenvalue weighted by Gasteiger charge is -2.38. The van der Waals surface area contributed by atoms with Gasteiger partial charge in [-0.2, -0.15) is 0 Å². The van der Waals surface area contributed by atoms with Crippen LogP contribution >= 0.6 is 0 Å². The number of piperidine rings is 1. The van der Waals surface area contributed by atoms with Gasteiger partial charge in [-0.05, 0) is 18.3 Å². The number of methoxy groups -OCH3 is 1. The van der Waals surface area contributed by atoms with Crippen LogP contribution in [0.3, 0.4) is 0 Å². The van der Waals surface area contributed by atoms with E-state index in [9.17, 15) is 4.79 Å². The summed E-state index contributed by atoms with van der Waals surface area (Å²) < 4.78 is 4.68. The molecule has 13 heavy (non-hydrogen) atoms. The minimum Gasteiger partial charge on any atom is -0.453 e. The fourth-order valence-electron chi connectivity index (χ4n) is 1.71. The average Bonchev–Trinajstić information content (AvgIpc) is 2.18. The van der Waals surface area contributed by atoms with Crippen molar-refractivity contribution in [1.82, 2.24) is 4.90 Å². The van der Waals surface area contributed by atoms with E-state index < -0.39 is 0 Å². The maximum absolute atomic E-state index is 11.2. The van der Waals surface area contributed by atoms with Crippen molar-refractivity contribution in [3.05, 3.63) is 0 Å². The van der Waals surface area contributed by atoms with E-state index in [-0.39, 0.29) is 6.09 Å². The second-order valence-electron chi connectivity index (χ2n) is 4.12. The Morgan fingerprint density at radius 3 is 2.38 bits per heavy atom. The summed E-state index contributed by atoms with van der Waals surface area (Å²) >= 11 is 0. The van der Waals surface area contributed by atoms with Gasteiger partial charge in [0, 0.05) is 13.1 Å². The molecule has 0 bridgehead atoms. The highest BCUT2D eigenvalue weighted by atomic mass is 16.5. The normalized spacial score (nSPS) is 21.3. The van der Waals surface area contributed by atoms with Crippen molar-refractivity contribution >= 4 is 6.09 Å². The molecule has 0 aliphatic carbocycles. The summed E-state index contributed by atoms with van der Waals surface area (Å²) in [6.07, 6.45) is 3.21. The predicted octanol–water partition coefficient (Wildman–Crippen LogP) is 2.26. The molecule has 0 aromatic rings. The lowest BCUT2D eigenvalue weighted by Crippen LogP contribution is -2.41. The molecule has 0 aromatic carbocycles. The van der Waals surface area contributed by atoms with E-state index in [2.05, 4.69) is 18.6 Å². The van der Waals surface area contributed by atoms with E-state index in [1.807, 2.05) is 0 Å². The predicted molar refractivity (Wildman–Crippen MR) is 51.6 cm³/mol. The Labute approximate surface area is 80.1 Å². The first-order valence-electron chi connectivity index (χ1n) is 4.94. The maximum Gasteiger partial charge on any atom is 0.409 e. The second-order valence-corrected chi connectivity index (χ2v) is 4.12. The van der Waals surface area contributed by atoms with Gasteiger partial charge < -0.3 is 9.64 Å². The number of nitrogens with zero attached hydrogens (tertiary/aromatic N) is 1. The van der Waals surface area contributed by atoms with Crippen LogP contribution in [0.4, 0.5) is 4.79 Å². The molecule has 1 aliphatic rings. The van der Waals surface area contributed by atoms with Gasteiger partial charge in [-0.3, -0.25) is 0 Å². The van der Waals surface area contributed by atoms with Crippen LogP contribution in [0.1, 0.15) is 33.1 Å². The number of ether oxygens (including phenoxy) is 1. The molecule has 0 atom stereocenters. The molecule has 0 spiro atoms. The lowest BCUT2D eigenvalue weighted by molar-refractivity contribution is 0.0827. The number of carbonyl (C=O) groups excluding carboxylic acids is 1. The molecule has 3 nitrogen and oxygen atoms in total. The Hall–Kier alpha value is -0.730. The standard InChI is InChI=1S/C10H19NO2/c1-4-10(2)5-7-11(8-6-10)9(12)13-3/h4-8H2,1-3H3. The van der Waals surface area contributed by atoms with E-state index in [4.69, 9.17) is 0 Å². The fourth-order valence-corrected chi connectivity index (χ4v) is 1.71. The summed E-state index contributed by atoms with van der Waals surface area (Å²) in [6, 6.07) is 0. The molecule has 1 heterocycles. The Balaban J connectivity index is 2.43. The quantitative estimate of drug-likeness (QED) is 0.627. The first-order valence-corrected chi connectivity index (χ1v) is 4.94. The molecule has 0 radical (unpaired) electrons. The summed E-state index contributed by atoms with van der Waals surface area (Å²) in [6.45, 7) is 6.20. The Kier molecular flexibility index (Phi) is 3.17. The van der Waals surface area contributed by atoms with Crippen LogP contribution in [0.25, 0.3) is 0 Å². The summed E-state index contributed by atoms with van der Waals surface area (Å²) in [7, 11) is 1.44. The van der Waals surface area contributed by atoms with Gasteiger partial charge in [0.1, 0.15) is 0 Å². The van der Waals surface area contributed by atoms with Crippen molar-refractivity contribution in [3.8, 4) is 0 Å². The molecule has 1 saturated heterocycles. The van der Waals surface area contributed by atoms with Gasteiger partial charge >= 0.3 is 6.09 Å². The van der Waals surface area contributed by atoms with E-state index >= 15 is 0 Å². The molecule has 1 fully saturated rings. The third-order valence-electron chi connectivity index (χ3n) is 3.26. The average molecular weight is 185 g/mol. The zero-order valence-electron chi connectivity index (χ0n) is 8.80. The van der Waals surface area contributed by atoms with E-state index in [1.54, 1.807) is 4.90 Å². The largest absolute Gasteiger partial charge is 0.453 e. The molecule has 0 aromatic heterocycles. The SMILES string of the molecule is CCC1(C)CCN(C(=O)OC)CC1. The topological polar surface area (TPSA) is 29.5 Å². The van der Waals surface area contributed by atoms with Crippen LogP contribution in [-0.2, 0) is 4.74 Å². The third kappa shape index (κ3) is 2.36. The zero-order chi connectivity index (χ0) is 9.90. The summed E-state index contributed by atoms with van der Waals surface area (Å²) in [5.41, 5.74) is 0.435. The van der Waals surface area contributed by atoms with E-state index in [1.165, 1.54) is 13.5 Å². The number of rotatable bonds is 1. The molecule has 76 valence electrons. The number of hydrogen-bond acceptors (Lipinski definition) is 2. The van der Waals surface area contributed by atoms with Gasteiger partial charge in [-0.15, -0.1) is 0 Å². The van der Waals surface area contributed by atoms with Gasteiger partial charge in [-0.25, -0.2) is 4.79 Å². The summed E-state index contributed by atoms with van der Waals surface area (Å²) in [4.78, 5) is 13.0. The first-order chi connectivity index (χ1) is 6.11. The molecule has 1 amide bonds. The van der Waals surface area contributed by atoms with Crippen LogP contribution in [0, 0.1) is 5.41 Å². The molecule has 0 unspecified atom stereocenters. The highest BCUT2D eigenvalue weighted by Gasteiger charge is 2.30. The van der Waals surface area contributed by atoms with Crippen molar-refractivity contribution in [1.29, 1.82) is 0 Å². The van der Waals surface area contributed by atoms with E-state index in [0.717, 1.165) is 25.9 Å². The molecular weight excluding hydrogens is 166 g/mol. The number of hydrogen-bond donors (Lipinski definition) is 0. The van der Waals surface area contributed by atoms with Crippen molar-refractivity contribution in [2.75, 3.05) is 20.2 Å². The minimum atomic E-state index is -0.182. The highest BCUT2D eigenvalue weighted by Crippen LogP contribution is 2.33. The molecular formula is C10H19NO2. The number of likely N-dealkylation sites (tertiary alicyclic amines) is 1. The smallest absolute Gasteiger partial charge is 0.409 e. The Bertz CT molecular complexity index is 183. The van der Waals surface area contributed by atoms with Crippen molar-refractivity contribution in [3.63, 3.8) is 0 Å². The summed E-state index contributed by atoms with van der Waals surface area (Å²) in [5, 5.41) is 0. The summed E-state index contributed by atoms with van der Waals surface area (Å²) in [5.74, 6) is 0. The molecule has 3 heteroatoms. The van der Waals surface area contributed by atoms with E-state index in [0.29, 0.717) is 5.41 Å². The van der Waals surface area contributed by atoms with Gasteiger partial charge in [0.15, 0.2) is 0 Å². The van der Waals surface area contributed by atoms with Crippen molar-refractivity contribution in [2.45, 2.75) is 33.1 Å². The van der Waals surface area contributed by atoms with Gasteiger partial charge in [0.05, 0.1) is 7.11 Å². The second kappa shape index (κ2) is 3.99. The van der Waals surface area contributed by atoms with Crippen molar-refractivity contribution in [2.24, 2.45) is 5.41 Å². The van der Waals surface area contributed by atoms with Crippen LogP contribution in [0.15, 0.2) is 0 Å². The molecule has 1 aliphatic heterocycles. The molecule has 0 saturated carbocycles. The van der Waals surface area contributed by atoms with Crippen LogP contribution in [0.2, 0.25) is 0 Å². The Morgan fingerprint density at radius 2 is 2.00 bits per heavy atom. The van der Waals surface area contributed by atoms with Gasteiger partial charge in [0.25, 0.3) is 0 Å².